The van der Waals surface area contributed by atoms with Crippen LogP contribution in [0.1, 0.15) is 26.3 Å². The molecule has 0 aromatic heterocycles. The first-order valence-electron chi connectivity index (χ1n) is 7.96. The first kappa shape index (κ1) is 17.7. The van der Waals surface area contributed by atoms with E-state index in [-0.39, 0.29) is 11.1 Å². The summed E-state index contributed by atoms with van der Waals surface area (Å²) in [5, 5.41) is 12.4. The summed E-state index contributed by atoms with van der Waals surface area (Å²) in [5.74, 6) is -1.67. The van der Waals surface area contributed by atoms with Crippen LogP contribution < -0.4 is 4.90 Å². The van der Waals surface area contributed by atoms with E-state index in [9.17, 15) is 32.9 Å². The van der Waals surface area contributed by atoms with Crippen molar-refractivity contribution in [1.82, 2.24) is 0 Å². The van der Waals surface area contributed by atoms with E-state index in [2.05, 4.69) is 0 Å². The molecule has 0 bridgehead atoms. The van der Waals surface area contributed by atoms with Gasteiger partial charge in [-0.25, -0.2) is 4.90 Å². The van der Waals surface area contributed by atoms with E-state index in [1.807, 2.05) is 0 Å². The molecule has 0 N–H and O–H groups in total. The number of nitro groups is 1. The second-order valence-electron chi connectivity index (χ2n) is 6.11. The zero-order valence-corrected chi connectivity index (χ0v) is 13.9. The van der Waals surface area contributed by atoms with Gasteiger partial charge in [-0.05, 0) is 29.7 Å². The Balaban J connectivity index is 1.95. The number of anilines is 1. The quantitative estimate of drug-likeness (QED) is 0.367. The number of nitro benzene ring substituents is 1. The lowest BCUT2D eigenvalue weighted by Crippen LogP contribution is -2.40. The maximum absolute atomic E-state index is 12.9. The number of carbonyl (C=O) groups is 2. The molecule has 3 aromatic rings. The number of amides is 2. The van der Waals surface area contributed by atoms with Gasteiger partial charge in [0.1, 0.15) is 5.69 Å². The molecule has 3 aromatic carbocycles. The molecule has 0 atom stereocenters. The van der Waals surface area contributed by atoms with Crippen molar-refractivity contribution in [3.05, 3.63) is 81.4 Å². The van der Waals surface area contributed by atoms with Crippen molar-refractivity contribution in [1.29, 1.82) is 0 Å². The van der Waals surface area contributed by atoms with E-state index in [1.54, 1.807) is 24.3 Å². The molecule has 9 heteroatoms. The minimum Gasteiger partial charge on any atom is -0.268 e. The lowest BCUT2D eigenvalue weighted by molar-refractivity contribution is -0.384. The fourth-order valence-corrected chi connectivity index (χ4v) is 3.28. The van der Waals surface area contributed by atoms with Gasteiger partial charge in [-0.2, -0.15) is 13.2 Å². The Morgan fingerprint density at radius 2 is 1.46 bits per heavy atom. The van der Waals surface area contributed by atoms with E-state index >= 15 is 0 Å². The fraction of sp³-hybridized carbons (Fsp3) is 0.0526. The van der Waals surface area contributed by atoms with E-state index in [0.29, 0.717) is 27.8 Å². The smallest absolute Gasteiger partial charge is 0.268 e. The second kappa shape index (κ2) is 5.88. The summed E-state index contributed by atoms with van der Waals surface area (Å²) in [7, 11) is 0. The average Bonchev–Trinajstić information content (AvgIpc) is 2.65. The molecule has 1 aliphatic heterocycles. The first-order valence-corrected chi connectivity index (χ1v) is 7.96. The number of nitrogens with zero attached hydrogens (tertiary/aromatic N) is 2. The van der Waals surface area contributed by atoms with Crippen molar-refractivity contribution in [3.63, 3.8) is 0 Å². The number of alkyl halides is 3. The van der Waals surface area contributed by atoms with Gasteiger partial charge in [-0.3, -0.25) is 19.7 Å². The van der Waals surface area contributed by atoms with Crippen LogP contribution in [-0.2, 0) is 6.18 Å². The minimum absolute atomic E-state index is 0.141. The highest BCUT2D eigenvalue weighted by Crippen LogP contribution is 2.40. The highest BCUT2D eigenvalue weighted by Gasteiger charge is 2.39. The third-order valence-corrected chi connectivity index (χ3v) is 4.51. The highest BCUT2D eigenvalue weighted by molar-refractivity contribution is 6.36. The van der Waals surface area contributed by atoms with Crippen molar-refractivity contribution < 1.29 is 27.7 Å². The first-order chi connectivity index (χ1) is 13.2. The van der Waals surface area contributed by atoms with Gasteiger partial charge in [0.05, 0.1) is 10.5 Å². The predicted octanol–water partition coefficient (Wildman–Crippen LogP) is 4.57. The monoisotopic (exact) mass is 386 g/mol. The van der Waals surface area contributed by atoms with Gasteiger partial charge in [-0.15, -0.1) is 0 Å². The van der Waals surface area contributed by atoms with Gasteiger partial charge in [0.2, 0.25) is 0 Å². The van der Waals surface area contributed by atoms with Crippen LogP contribution >= 0.6 is 0 Å². The zero-order chi connectivity index (χ0) is 20.2. The molecule has 6 nitrogen and oxygen atoms in total. The van der Waals surface area contributed by atoms with E-state index in [1.165, 1.54) is 12.1 Å². The molecule has 140 valence electrons. The Labute approximate surface area is 154 Å². The van der Waals surface area contributed by atoms with Gasteiger partial charge in [0.25, 0.3) is 17.5 Å². The van der Waals surface area contributed by atoms with Crippen LogP contribution in [0.4, 0.5) is 24.5 Å². The van der Waals surface area contributed by atoms with Crippen LogP contribution in [0.3, 0.4) is 0 Å². The lowest BCUT2D eigenvalue weighted by Gasteiger charge is -2.27. The summed E-state index contributed by atoms with van der Waals surface area (Å²) in [5.41, 5.74) is -2.46. The Morgan fingerprint density at radius 3 is 1.96 bits per heavy atom. The molecule has 4 rings (SSSR count). The fourth-order valence-electron chi connectivity index (χ4n) is 3.28. The largest absolute Gasteiger partial charge is 0.416 e. The van der Waals surface area contributed by atoms with Gasteiger partial charge >= 0.3 is 6.18 Å². The van der Waals surface area contributed by atoms with Crippen LogP contribution in [0.5, 0.6) is 0 Å². The summed E-state index contributed by atoms with van der Waals surface area (Å²) in [6, 6.07) is 11.2. The molecule has 0 fully saturated rings. The summed E-state index contributed by atoms with van der Waals surface area (Å²) in [4.78, 5) is 36.7. The minimum atomic E-state index is -4.81. The van der Waals surface area contributed by atoms with Gasteiger partial charge in [-0.1, -0.05) is 24.3 Å². The van der Waals surface area contributed by atoms with Gasteiger partial charge < -0.3 is 0 Å². The molecule has 2 amide bonds. The van der Waals surface area contributed by atoms with Crippen molar-refractivity contribution in [3.8, 4) is 0 Å². The summed E-state index contributed by atoms with van der Waals surface area (Å²) in [6.45, 7) is 0. The Bertz CT molecular complexity index is 1140. The zero-order valence-electron chi connectivity index (χ0n) is 13.9. The number of hydrogen-bond donors (Lipinski definition) is 0. The number of hydrogen-bond acceptors (Lipinski definition) is 4. The second-order valence-corrected chi connectivity index (χ2v) is 6.11. The van der Waals surface area contributed by atoms with Gasteiger partial charge in [0.15, 0.2) is 0 Å². The molecule has 0 spiro atoms. The Kier molecular flexibility index (Phi) is 3.71. The number of imide groups is 1. The third-order valence-electron chi connectivity index (χ3n) is 4.51. The van der Waals surface area contributed by atoms with E-state index < -0.39 is 39.9 Å². The molecule has 1 aliphatic rings. The number of carbonyl (C=O) groups excluding carboxylic acids is 2. The van der Waals surface area contributed by atoms with Crippen molar-refractivity contribution in [2.24, 2.45) is 0 Å². The van der Waals surface area contributed by atoms with Crippen molar-refractivity contribution in [2.75, 3.05) is 4.90 Å². The van der Waals surface area contributed by atoms with Crippen molar-refractivity contribution >= 4 is 34.0 Å². The van der Waals surface area contributed by atoms with E-state index in [0.717, 1.165) is 6.07 Å². The molecule has 0 saturated heterocycles. The Hall–Kier alpha value is -3.75. The Morgan fingerprint density at radius 1 is 0.893 bits per heavy atom. The van der Waals surface area contributed by atoms with Crippen LogP contribution in [-0.4, -0.2) is 16.7 Å². The normalized spacial score (nSPS) is 13.9. The van der Waals surface area contributed by atoms with Gasteiger partial charge in [0, 0.05) is 22.6 Å². The molecule has 0 radical (unpaired) electrons. The van der Waals surface area contributed by atoms with Crippen molar-refractivity contribution in [2.45, 2.75) is 6.18 Å². The topological polar surface area (TPSA) is 80.5 Å². The molecule has 0 saturated carbocycles. The summed E-state index contributed by atoms with van der Waals surface area (Å²) < 4.78 is 38.8. The highest BCUT2D eigenvalue weighted by atomic mass is 19.4. The SMILES string of the molecule is O=C1c2cccc3cccc(c23)C(=O)N1c1ccc(C(F)(F)F)cc1[N+](=O)[O-]. The lowest BCUT2D eigenvalue weighted by atomic mass is 9.93. The molecule has 0 aliphatic carbocycles. The molecular formula is C19H9F3N2O4. The molecule has 1 heterocycles. The predicted molar refractivity (Wildman–Crippen MR) is 93.2 cm³/mol. The van der Waals surface area contributed by atoms with Crippen LogP contribution in [0.15, 0.2) is 54.6 Å². The molecule has 28 heavy (non-hydrogen) atoms. The molecular weight excluding hydrogens is 377 g/mol. The number of benzene rings is 3. The van der Waals surface area contributed by atoms with Crippen LogP contribution in [0.25, 0.3) is 10.8 Å². The third kappa shape index (κ3) is 2.51. The standard InChI is InChI=1S/C19H9F3N2O4/c20-19(21,22)11-7-8-14(15(9-11)24(27)28)23-17(25)12-5-1-3-10-4-2-6-13(16(10)12)18(23)26/h1-9H. The maximum atomic E-state index is 12.9. The molecule has 0 unspecified atom stereocenters. The number of halogens is 3. The average molecular weight is 386 g/mol. The van der Waals surface area contributed by atoms with Crippen LogP contribution in [0, 0.1) is 10.1 Å². The summed E-state index contributed by atoms with van der Waals surface area (Å²) >= 11 is 0. The summed E-state index contributed by atoms with van der Waals surface area (Å²) in [6.07, 6.45) is -4.81. The van der Waals surface area contributed by atoms with E-state index in [4.69, 9.17) is 0 Å². The number of rotatable bonds is 2. The van der Waals surface area contributed by atoms with Crippen LogP contribution in [0.2, 0.25) is 0 Å². The maximum Gasteiger partial charge on any atom is 0.416 e.